The number of benzene rings is 1. The van der Waals surface area contributed by atoms with Crippen LogP contribution in [0.15, 0.2) is 18.2 Å². The third-order valence-corrected chi connectivity index (χ3v) is 2.88. The summed E-state index contributed by atoms with van der Waals surface area (Å²) >= 11 is 5.98. The molecule has 1 aromatic carbocycles. The van der Waals surface area contributed by atoms with Crippen molar-refractivity contribution in [1.29, 1.82) is 0 Å². The van der Waals surface area contributed by atoms with E-state index in [1.54, 1.807) is 12.1 Å². The Morgan fingerprint density at radius 2 is 2.24 bits per heavy atom. The Morgan fingerprint density at radius 1 is 1.53 bits per heavy atom. The lowest BCUT2D eigenvalue weighted by atomic mass is 10.2. The average molecular weight is 257 g/mol. The third kappa shape index (κ3) is 4.24. The zero-order valence-electron chi connectivity index (χ0n) is 10.0. The maximum Gasteiger partial charge on any atom is 0.335 e. The van der Waals surface area contributed by atoms with E-state index in [4.69, 9.17) is 16.7 Å². The van der Waals surface area contributed by atoms with E-state index in [2.05, 4.69) is 17.1 Å². The fraction of sp³-hybridized carbons (Fsp3) is 0.417. The van der Waals surface area contributed by atoms with Gasteiger partial charge in [-0.15, -0.1) is 0 Å². The van der Waals surface area contributed by atoms with Crippen molar-refractivity contribution in [1.82, 2.24) is 4.90 Å². The van der Waals surface area contributed by atoms with Gasteiger partial charge in [0.05, 0.1) is 16.3 Å². The summed E-state index contributed by atoms with van der Waals surface area (Å²) in [5.41, 5.74) is 0.965. The molecule has 0 aliphatic rings. The van der Waals surface area contributed by atoms with Gasteiger partial charge >= 0.3 is 5.97 Å². The SMILES string of the molecule is CCN(C)CCNc1ccc(C(=O)O)cc1Cl. The van der Waals surface area contributed by atoms with E-state index >= 15 is 0 Å². The van der Waals surface area contributed by atoms with Crippen LogP contribution in [0.25, 0.3) is 0 Å². The molecule has 2 N–H and O–H groups in total. The van der Waals surface area contributed by atoms with Crippen LogP contribution in [-0.4, -0.2) is 42.7 Å². The summed E-state index contributed by atoms with van der Waals surface area (Å²) in [4.78, 5) is 12.9. The number of aromatic carboxylic acids is 1. The number of rotatable bonds is 6. The Hall–Kier alpha value is -1.26. The lowest BCUT2D eigenvalue weighted by Crippen LogP contribution is -2.24. The number of nitrogens with one attached hydrogen (secondary N) is 1. The van der Waals surface area contributed by atoms with Crippen LogP contribution in [0.4, 0.5) is 5.69 Å². The lowest BCUT2D eigenvalue weighted by Gasteiger charge is -2.15. The molecule has 0 atom stereocenters. The maximum absolute atomic E-state index is 10.7. The van der Waals surface area contributed by atoms with Gasteiger partial charge in [-0.25, -0.2) is 4.79 Å². The van der Waals surface area contributed by atoms with Crippen LogP contribution in [-0.2, 0) is 0 Å². The Bertz CT molecular complexity index is 396. The fourth-order valence-corrected chi connectivity index (χ4v) is 1.58. The minimum atomic E-state index is -0.968. The number of nitrogens with zero attached hydrogens (tertiary/aromatic N) is 1. The van der Waals surface area contributed by atoms with Crippen molar-refractivity contribution in [2.45, 2.75) is 6.92 Å². The normalized spacial score (nSPS) is 10.6. The molecule has 0 heterocycles. The van der Waals surface area contributed by atoms with Crippen LogP contribution in [0, 0.1) is 0 Å². The van der Waals surface area contributed by atoms with Crippen molar-refractivity contribution >= 4 is 23.3 Å². The van der Waals surface area contributed by atoms with Gasteiger partial charge in [0.1, 0.15) is 0 Å². The predicted octanol–water partition coefficient (Wildman–Crippen LogP) is 2.40. The Labute approximate surface area is 106 Å². The molecule has 4 nitrogen and oxygen atoms in total. The molecule has 0 radical (unpaired) electrons. The predicted molar refractivity (Wildman–Crippen MR) is 70.1 cm³/mol. The Kier molecular flexibility index (Phi) is 5.25. The largest absolute Gasteiger partial charge is 0.478 e. The van der Waals surface area contributed by atoms with E-state index in [9.17, 15) is 4.79 Å². The number of likely N-dealkylation sites (N-methyl/N-ethyl adjacent to an activating group) is 1. The van der Waals surface area contributed by atoms with Gasteiger partial charge in [-0.3, -0.25) is 0 Å². The van der Waals surface area contributed by atoms with Crippen LogP contribution < -0.4 is 5.32 Å². The van der Waals surface area contributed by atoms with Crippen molar-refractivity contribution in [3.8, 4) is 0 Å². The highest BCUT2D eigenvalue weighted by Crippen LogP contribution is 2.22. The van der Waals surface area contributed by atoms with Crippen LogP contribution in [0.1, 0.15) is 17.3 Å². The summed E-state index contributed by atoms with van der Waals surface area (Å²) in [6.45, 7) is 4.77. The van der Waals surface area contributed by atoms with Gasteiger partial charge in [0.2, 0.25) is 0 Å². The number of halogens is 1. The third-order valence-electron chi connectivity index (χ3n) is 2.56. The first-order chi connectivity index (χ1) is 8.04. The van der Waals surface area contributed by atoms with Gasteiger partial charge < -0.3 is 15.3 Å². The summed E-state index contributed by atoms with van der Waals surface area (Å²) in [6, 6.07) is 4.69. The standard InChI is InChI=1S/C12H17ClN2O2/c1-3-15(2)7-6-14-11-5-4-9(12(16)17)8-10(11)13/h4-5,8,14H,3,6-7H2,1-2H3,(H,16,17). The molecule has 1 rings (SSSR count). The lowest BCUT2D eigenvalue weighted by molar-refractivity contribution is 0.0697. The summed E-state index contributed by atoms with van der Waals surface area (Å²) < 4.78 is 0. The second-order valence-electron chi connectivity index (χ2n) is 3.82. The summed E-state index contributed by atoms with van der Waals surface area (Å²) in [5, 5.41) is 12.4. The van der Waals surface area contributed by atoms with Crippen molar-refractivity contribution < 1.29 is 9.90 Å². The minimum absolute atomic E-state index is 0.200. The van der Waals surface area contributed by atoms with Gasteiger partial charge in [0.15, 0.2) is 0 Å². The molecule has 0 spiro atoms. The molecule has 5 heteroatoms. The van der Waals surface area contributed by atoms with Gasteiger partial charge in [0, 0.05) is 13.1 Å². The zero-order valence-corrected chi connectivity index (χ0v) is 10.8. The van der Waals surface area contributed by atoms with Gasteiger partial charge in [-0.1, -0.05) is 18.5 Å². The van der Waals surface area contributed by atoms with E-state index in [1.165, 1.54) is 6.07 Å². The molecule has 0 aromatic heterocycles. The quantitative estimate of drug-likeness (QED) is 0.821. The number of hydrogen-bond acceptors (Lipinski definition) is 3. The summed E-state index contributed by atoms with van der Waals surface area (Å²) in [5.74, 6) is -0.968. The van der Waals surface area contributed by atoms with Crippen LogP contribution >= 0.6 is 11.6 Å². The molecular weight excluding hydrogens is 240 g/mol. The monoisotopic (exact) mass is 256 g/mol. The molecule has 0 unspecified atom stereocenters. The molecular formula is C12H17ClN2O2. The van der Waals surface area contributed by atoms with E-state index in [1.807, 2.05) is 7.05 Å². The molecule has 0 bridgehead atoms. The topological polar surface area (TPSA) is 52.6 Å². The number of carboxylic acid groups (broad SMARTS) is 1. The second-order valence-corrected chi connectivity index (χ2v) is 4.23. The molecule has 0 aliphatic heterocycles. The molecule has 1 aromatic rings. The minimum Gasteiger partial charge on any atom is -0.478 e. The van der Waals surface area contributed by atoms with Gasteiger partial charge in [-0.05, 0) is 31.8 Å². The zero-order chi connectivity index (χ0) is 12.8. The Morgan fingerprint density at radius 3 is 2.76 bits per heavy atom. The first kappa shape index (κ1) is 13.8. The van der Waals surface area contributed by atoms with Crippen molar-refractivity contribution in [3.05, 3.63) is 28.8 Å². The first-order valence-corrected chi connectivity index (χ1v) is 5.87. The highest BCUT2D eigenvalue weighted by atomic mass is 35.5. The number of carbonyl (C=O) groups is 1. The van der Waals surface area contributed by atoms with E-state index in [-0.39, 0.29) is 5.56 Å². The van der Waals surface area contributed by atoms with Crippen molar-refractivity contribution in [3.63, 3.8) is 0 Å². The van der Waals surface area contributed by atoms with Gasteiger partial charge in [-0.2, -0.15) is 0 Å². The average Bonchev–Trinajstić information content (AvgIpc) is 2.30. The van der Waals surface area contributed by atoms with Crippen LogP contribution in [0.2, 0.25) is 5.02 Å². The molecule has 0 amide bonds. The highest BCUT2D eigenvalue weighted by Gasteiger charge is 2.06. The smallest absolute Gasteiger partial charge is 0.335 e. The molecule has 0 saturated carbocycles. The van der Waals surface area contributed by atoms with Crippen molar-refractivity contribution in [2.75, 3.05) is 32.0 Å². The maximum atomic E-state index is 10.7. The van der Waals surface area contributed by atoms with Crippen LogP contribution in [0.5, 0.6) is 0 Å². The van der Waals surface area contributed by atoms with Crippen LogP contribution in [0.3, 0.4) is 0 Å². The number of carboxylic acids is 1. The summed E-state index contributed by atoms with van der Waals surface area (Å²) in [6.07, 6.45) is 0. The highest BCUT2D eigenvalue weighted by molar-refractivity contribution is 6.33. The summed E-state index contributed by atoms with van der Waals surface area (Å²) in [7, 11) is 2.04. The van der Waals surface area contributed by atoms with Gasteiger partial charge in [0.25, 0.3) is 0 Å². The second kappa shape index (κ2) is 6.47. The van der Waals surface area contributed by atoms with E-state index < -0.39 is 5.97 Å². The number of anilines is 1. The first-order valence-electron chi connectivity index (χ1n) is 5.50. The van der Waals surface area contributed by atoms with E-state index in [0.717, 1.165) is 25.3 Å². The van der Waals surface area contributed by atoms with Crippen molar-refractivity contribution in [2.24, 2.45) is 0 Å². The van der Waals surface area contributed by atoms with E-state index in [0.29, 0.717) is 5.02 Å². The molecule has 94 valence electrons. The number of hydrogen-bond donors (Lipinski definition) is 2. The molecule has 0 fully saturated rings. The molecule has 0 saturated heterocycles. The fourth-order valence-electron chi connectivity index (χ4n) is 1.33. The molecule has 0 aliphatic carbocycles. The molecule has 17 heavy (non-hydrogen) atoms. The Balaban J connectivity index is 2.57.